The minimum atomic E-state index is -4.45. The van der Waals surface area contributed by atoms with E-state index in [1.807, 2.05) is 13.0 Å². The van der Waals surface area contributed by atoms with Gasteiger partial charge in [-0.25, -0.2) is 9.50 Å². The lowest BCUT2D eigenvalue weighted by atomic mass is 10.1. The lowest BCUT2D eigenvalue weighted by Crippen LogP contribution is -2.07. The predicted octanol–water partition coefficient (Wildman–Crippen LogP) is 3.53. The Labute approximate surface area is 127 Å². The number of nitrogens with zero attached hydrogens (tertiary/aromatic N) is 3. The molecule has 0 saturated carbocycles. The molecule has 0 amide bonds. The number of alkyl halides is 3. The third kappa shape index (κ3) is 2.48. The molecule has 3 aromatic heterocycles. The van der Waals surface area contributed by atoms with E-state index in [4.69, 9.17) is 0 Å². The van der Waals surface area contributed by atoms with Gasteiger partial charge in [0, 0.05) is 33.3 Å². The van der Waals surface area contributed by atoms with E-state index in [1.165, 1.54) is 17.5 Å². The Morgan fingerprint density at radius 3 is 2.68 bits per heavy atom. The van der Waals surface area contributed by atoms with Crippen LogP contribution in [0.15, 0.2) is 24.7 Å². The maximum atomic E-state index is 12.7. The van der Waals surface area contributed by atoms with Crippen molar-refractivity contribution in [1.82, 2.24) is 14.6 Å². The molecule has 0 atom stereocenters. The lowest BCUT2D eigenvalue weighted by molar-refractivity contribution is -0.138. The van der Waals surface area contributed by atoms with E-state index in [0.29, 0.717) is 11.2 Å². The highest BCUT2D eigenvalue weighted by Crippen LogP contribution is 2.35. The zero-order valence-corrected chi connectivity index (χ0v) is 12.4. The molecule has 4 nitrogen and oxygen atoms in total. The summed E-state index contributed by atoms with van der Waals surface area (Å²) in [7, 11) is 0. The molecular weight excluding hydrogens is 315 g/mol. The monoisotopic (exact) mass is 327 g/mol. The molecule has 116 valence electrons. The van der Waals surface area contributed by atoms with Crippen LogP contribution in [0, 0.1) is 0 Å². The fourth-order valence-electron chi connectivity index (χ4n) is 2.26. The molecule has 3 rings (SSSR count). The van der Waals surface area contributed by atoms with E-state index >= 15 is 0 Å². The van der Waals surface area contributed by atoms with Crippen molar-refractivity contribution in [2.75, 3.05) is 0 Å². The van der Waals surface area contributed by atoms with Gasteiger partial charge in [-0.2, -0.15) is 18.3 Å². The average molecular weight is 327 g/mol. The van der Waals surface area contributed by atoms with Gasteiger partial charge in [-0.05, 0) is 12.5 Å². The summed E-state index contributed by atoms with van der Waals surface area (Å²) in [6.07, 6.45) is -0.445. The van der Waals surface area contributed by atoms with Crippen molar-refractivity contribution in [2.45, 2.75) is 26.1 Å². The van der Waals surface area contributed by atoms with E-state index in [0.717, 1.165) is 38.6 Å². The fourth-order valence-corrected chi connectivity index (χ4v) is 3.24. The maximum absolute atomic E-state index is 12.7. The van der Waals surface area contributed by atoms with E-state index in [1.54, 1.807) is 0 Å². The van der Waals surface area contributed by atoms with Crippen molar-refractivity contribution in [3.8, 4) is 11.1 Å². The number of hydrogen-bond donors (Lipinski definition) is 1. The standard InChI is InChI=1S/C14H12F3N3OS/c1-2-12-10(3-9(7-21)22-12)11-5-19-20-6-8(14(15,16)17)4-18-13(11)20/h3-6,21H,2,7H2,1H3. The Morgan fingerprint density at radius 2 is 2.05 bits per heavy atom. The first-order valence-electron chi connectivity index (χ1n) is 6.57. The van der Waals surface area contributed by atoms with Gasteiger partial charge in [-0.3, -0.25) is 0 Å². The van der Waals surface area contributed by atoms with Crippen molar-refractivity contribution in [3.63, 3.8) is 0 Å². The van der Waals surface area contributed by atoms with Crippen molar-refractivity contribution >= 4 is 17.0 Å². The molecular formula is C14H12F3N3OS. The van der Waals surface area contributed by atoms with Gasteiger partial charge in [0.15, 0.2) is 5.65 Å². The van der Waals surface area contributed by atoms with Crippen LogP contribution in [0.5, 0.6) is 0 Å². The predicted molar refractivity (Wildman–Crippen MR) is 76.6 cm³/mol. The zero-order valence-electron chi connectivity index (χ0n) is 11.6. The molecule has 0 spiro atoms. The second-order valence-corrected chi connectivity index (χ2v) is 5.95. The summed E-state index contributed by atoms with van der Waals surface area (Å²) in [4.78, 5) is 5.76. The summed E-state index contributed by atoms with van der Waals surface area (Å²) < 4.78 is 39.3. The number of halogens is 3. The number of hydrogen-bond acceptors (Lipinski definition) is 4. The number of aryl methyl sites for hydroxylation is 1. The van der Waals surface area contributed by atoms with E-state index in [2.05, 4.69) is 10.1 Å². The van der Waals surface area contributed by atoms with Crippen molar-refractivity contribution in [1.29, 1.82) is 0 Å². The van der Waals surface area contributed by atoms with Crippen molar-refractivity contribution < 1.29 is 18.3 Å². The third-order valence-corrected chi connectivity index (χ3v) is 4.58. The summed E-state index contributed by atoms with van der Waals surface area (Å²) in [5, 5.41) is 13.2. The highest BCUT2D eigenvalue weighted by atomic mass is 32.1. The number of aliphatic hydroxyl groups is 1. The lowest BCUT2D eigenvalue weighted by Gasteiger charge is -2.06. The first-order chi connectivity index (χ1) is 10.4. The highest BCUT2D eigenvalue weighted by molar-refractivity contribution is 7.12. The molecule has 0 radical (unpaired) electrons. The largest absolute Gasteiger partial charge is 0.419 e. The van der Waals surface area contributed by atoms with Crippen LogP contribution in [0.1, 0.15) is 22.2 Å². The summed E-state index contributed by atoms with van der Waals surface area (Å²) in [6, 6.07) is 1.83. The topological polar surface area (TPSA) is 50.4 Å². The number of rotatable bonds is 3. The fraction of sp³-hybridized carbons (Fsp3) is 0.286. The van der Waals surface area contributed by atoms with E-state index in [9.17, 15) is 18.3 Å². The molecule has 0 aliphatic rings. The first-order valence-corrected chi connectivity index (χ1v) is 7.39. The summed E-state index contributed by atoms with van der Waals surface area (Å²) in [5.74, 6) is 0. The van der Waals surface area contributed by atoms with Crippen LogP contribution < -0.4 is 0 Å². The zero-order chi connectivity index (χ0) is 15.9. The van der Waals surface area contributed by atoms with E-state index in [-0.39, 0.29) is 6.61 Å². The normalized spacial score (nSPS) is 12.2. The van der Waals surface area contributed by atoms with Crippen LogP contribution in [0.4, 0.5) is 13.2 Å². The number of thiophene rings is 1. The smallest absolute Gasteiger partial charge is 0.391 e. The Hall–Kier alpha value is -1.93. The Balaban J connectivity index is 2.15. The van der Waals surface area contributed by atoms with Crippen LogP contribution in [-0.4, -0.2) is 19.7 Å². The third-order valence-electron chi connectivity index (χ3n) is 3.31. The van der Waals surface area contributed by atoms with Gasteiger partial charge in [0.1, 0.15) is 0 Å². The second kappa shape index (κ2) is 5.36. The van der Waals surface area contributed by atoms with Gasteiger partial charge in [0.05, 0.1) is 18.4 Å². The van der Waals surface area contributed by atoms with Crippen molar-refractivity contribution in [2.24, 2.45) is 0 Å². The summed E-state index contributed by atoms with van der Waals surface area (Å²) >= 11 is 1.48. The molecule has 0 aliphatic heterocycles. The Morgan fingerprint density at radius 1 is 1.27 bits per heavy atom. The van der Waals surface area contributed by atoms with E-state index < -0.39 is 11.7 Å². The molecule has 22 heavy (non-hydrogen) atoms. The van der Waals surface area contributed by atoms with Gasteiger partial charge < -0.3 is 5.11 Å². The molecule has 0 bridgehead atoms. The Kier molecular flexibility index (Phi) is 3.65. The number of aliphatic hydroxyl groups excluding tert-OH is 1. The van der Waals surface area contributed by atoms with Crippen LogP contribution in [0.25, 0.3) is 16.8 Å². The van der Waals surface area contributed by atoms with Crippen LogP contribution in [-0.2, 0) is 19.2 Å². The van der Waals surface area contributed by atoms with Crippen LogP contribution in [0.2, 0.25) is 0 Å². The van der Waals surface area contributed by atoms with Crippen LogP contribution >= 0.6 is 11.3 Å². The number of aromatic nitrogens is 3. The maximum Gasteiger partial charge on any atom is 0.419 e. The molecule has 0 aliphatic carbocycles. The highest BCUT2D eigenvalue weighted by Gasteiger charge is 2.32. The van der Waals surface area contributed by atoms with Gasteiger partial charge in [-0.15, -0.1) is 11.3 Å². The molecule has 0 fully saturated rings. The number of fused-ring (bicyclic) bond motifs is 1. The van der Waals surface area contributed by atoms with Gasteiger partial charge in [0.2, 0.25) is 0 Å². The summed E-state index contributed by atoms with van der Waals surface area (Å²) in [5.41, 5.74) is 1.05. The SMILES string of the molecule is CCc1sc(CO)cc1-c1cnn2cc(C(F)(F)F)cnc12. The van der Waals surface area contributed by atoms with Crippen LogP contribution in [0.3, 0.4) is 0 Å². The Bertz CT molecular complexity index is 822. The molecule has 0 unspecified atom stereocenters. The molecule has 3 aromatic rings. The minimum Gasteiger partial charge on any atom is -0.391 e. The molecule has 3 heterocycles. The molecule has 1 N–H and O–H groups in total. The summed E-state index contributed by atoms with van der Waals surface area (Å²) in [6.45, 7) is 1.92. The molecule has 0 aromatic carbocycles. The van der Waals surface area contributed by atoms with Gasteiger partial charge in [-0.1, -0.05) is 6.92 Å². The molecule has 0 saturated heterocycles. The van der Waals surface area contributed by atoms with Gasteiger partial charge >= 0.3 is 6.18 Å². The second-order valence-electron chi connectivity index (χ2n) is 4.73. The quantitative estimate of drug-likeness (QED) is 0.800. The first kappa shape index (κ1) is 15.0. The van der Waals surface area contributed by atoms with Gasteiger partial charge in [0.25, 0.3) is 0 Å². The minimum absolute atomic E-state index is 0.0669. The molecule has 8 heteroatoms. The van der Waals surface area contributed by atoms with Crippen molar-refractivity contribution in [3.05, 3.63) is 40.0 Å². The average Bonchev–Trinajstić information content (AvgIpc) is 3.08.